The molecule has 4 rings (SSSR count). The maximum atomic E-state index is 13.5. The Morgan fingerprint density at radius 1 is 1.22 bits per heavy atom. The van der Waals surface area contributed by atoms with Gasteiger partial charge in [-0.2, -0.15) is 9.97 Å². The third-order valence-corrected chi connectivity index (χ3v) is 6.76. The van der Waals surface area contributed by atoms with Crippen LogP contribution in [0.1, 0.15) is 37.7 Å². The number of aromatic nitrogens is 4. The number of benzene rings is 1. The Balaban J connectivity index is 1.57. The van der Waals surface area contributed by atoms with Gasteiger partial charge in [-0.25, -0.2) is 4.98 Å². The van der Waals surface area contributed by atoms with Crippen molar-refractivity contribution >= 4 is 29.3 Å². The molecule has 0 spiro atoms. The number of nitrogens with zero attached hydrogens (tertiary/aromatic N) is 4. The van der Waals surface area contributed by atoms with Gasteiger partial charge in [0.2, 0.25) is 11.9 Å². The molecule has 1 aromatic carbocycles. The predicted octanol–water partition coefficient (Wildman–Crippen LogP) is 4.61. The van der Waals surface area contributed by atoms with Gasteiger partial charge >= 0.3 is 0 Å². The molecule has 196 valence electrons. The van der Waals surface area contributed by atoms with Gasteiger partial charge in [0.1, 0.15) is 24.0 Å². The average Bonchev–Trinajstić information content (AvgIpc) is 3.47. The van der Waals surface area contributed by atoms with Crippen LogP contribution in [-0.2, 0) is 16.1 Å². The first-order valence-corrected chi connectivity index (χ1v) is 13.0. The summed E-state index contributed by atoms with van der Waals surface area (Å²) in [4.78, 5) is 26.9. The van der Waals surface area contributed by atoms with E-state index in [0.29, 0.717) is 42.3 Å². The summed E-state index contributed by atoms with van der Waals surface area (Å²) in [6.45, 7) is 5.83. The molecular formula is C27H34ClN7O2. The summed E-state index contributed by atoms with van der Waals surface area (Å²) >= 11 is 6.01. The normalized spacial score (nSPS) is 14.6. The number of hydrogen-bond donors (Lipinski definition) is 3. The quantitative estimate of drug-likeness (QED) is 0.235. The van der Waals surface area contributed by atoms with E-state index in [1.165, 1.54) is 6.42 Å². The van der Waals surface area contributed by atoms with Gasteiger partial charge in [0.25, 0.3) is 0 Å². The number of hydrogen-bond acceptors (Lipinski definition) is 7. The highest BCUT2D eigenvalue weighted by Gasteiger charge is 2.29. The molecule has 0 aliphatic heterocycles. The molecular weight excluding hydrogens is 490 g/mol. The maximum Gasteiger partial charge on any atom is 0.247 e. The predicted molar refractivity (Wildman–Crippen MR) is 146 cm³/mol. The number of imidazole rings is 1. The zero-order chi connectivity index (χ0) is 26.0. The highest BCUT2D eigenvalue weighted by molar-refractivity contribution is 6.30. The zero-order valence-corrected chi connectivity index (χ0v) is 21.9. The van der Waals surface area contributed by atoms with E-state index in [2.05, 4.69) is 37.5 Å². The van der Waals surface area contributed by atoms with Crippen LogP contribution in [0.2, 0.25) is 5.02 Å². The van der Waals surface area contributed by atoms with Crippen LogP contribution in [0.25, 0.3) is 5.82 Å². The second-order valence-electron chi connectivity index (χ2n) is 9.16. The first-order chi connectivity index (χ1) is 18.0. The number of ether oxygens (including phenoxy) is 1. The molecule has 37 heavy (non-hydrogen) atoms. The molecule has 0 saturated heterocycles. The first-order valence-electron chi connectivity index (χ1n) is 12.6. The van der Waals surface area contributed by atoms with Crippen LogP contribution in [0.5, 0.6) is 0 Å². The van der Waals surface area contributed by atoms with Crippen molar-refractivity contribution < 1.29 is 9.53 Å². The standard InChI is InChI=1S/C27H34ClN7O2/c1-19(21-6-4-3-5-7-21)25(26(36)31-17-20-8-10-22(28)11-9-20)32-23-16-24(35-14-12-29-18-35)34-27(33-23)30-13-15-37-2/h8-12,14,16,18,21,25H,1,3-7,13,15,17H2,2H3,(H,31,36)(H2,30,32,33,34)/t25-/m1/s1. The van der Waals surface area contributed by atoms with Gasteiger partial charge in [-0.05, 0) is 42.0 Å². The Labute approximate surface area is 222 Å². The second kappa shape index (κ2) is 13.2. The lowest BCUT2D eigenvalue weighted by atomic mass is 9.81. The van der Waals surface area contributed by atoms with Crippen molar-refractivity contribution in [3.8, 4) is 5.82 Å². The van der Waals surface area contributed by atoms with Crippen molar-refractivity contribution in [3.63, 3.8) is 0 Å². The fourth-order valence-electron chi connectivity index (χ4n) is 4.46. The van der Waals surface area contributed by atoms with Crippen LogP contribution in [0, 0.1) is 5.92 Å². The van der Waals surface area contributed by atoms with E-state index in [0.717, 1.165) is 36.8 Å². The fraction of sp³-hybridized carbons (Fsp3) is 0.407. The Morgan fingerprint density at radius 2 is 2.00 bits per heavy atom. The van der Waals surface area contributed by atoms with Gasteiger partial charge < -0.3 is 20.7 Å². The molecule has 0 bridgehead atoms. The van der Waals surface area contributed by atoms with E-state index in [1.807, 2.05) is 30.5 Å². The number of nitrogens with one attached hydrogen (secondary N) is 3. The number of carbonyl (C=O) groups is 1. The molecule has 3 N–H and O–H groups in total. The van der Waals surface area contributed by atoms with Crippen LogP contribution in [0.4, 0.5) is 11.8 Å². The summed E-state index contributed by atoms with van der Waals surface area (Å²) in [5.41, 5.74) is 1.85. The largest absolute Gasteiger partial charge is 0.383 e. The van der Waals surface area contributed by atoms with E-state index >= 15 is 0 Å². The van der Waals surface area contributed by atoms with Gasteiger partial charge in [0, 0.05) is 43.7 Å². The van der Waals surface area contributed by atoms with Crippen molar-refractivity contribution in [2.24, 2.45) is 5.92 Å². The Morgan fingerprint density at radius 3 is 2.70 bits per heavy atom. The van der Waals surface area contributed by atoms with E-state index in [1.54, 1.807) is 30.3 Å². The SMILES string of the molecule is C=C(C1CCCCC1)[C@@H](Nc1cc(-n2ccnc2)nc(NCCOC)n1)C(=O)NCc1ccc(Cl)cc1. The molecule has 2 aromatic heterocycles. The number of halogens is 1. The molecule has 1 saturated carbocycles. The highest BCUT2D eigenvalue weighted by atomic mass is 35.5. The van der Waals surface area contributed by atoms with Gasteiger partial charge in [0.05, 0.1) is 6.61 Å². The molecule has 1 aliphatic rings. The molecule has 9 nitrogen and oxygen atoms in total. The summed E-state index contributed by atoms with van der Waals surface area (Å²) in [6, 6.07) is 8.60. The van der Waals surface area contributed by atoms with Crippen LogP contribution in [0.3, 0.4) is 0 Å². The molecule has 10 heteroatoms. The first kappa shape index (κ1) is 26.6. The molecule has 0 unspecified atom stereocenters. The molecule has 1 aliphatic carbocycles. The Hall–Kier alpha value is -3.43. The van der Waals surface area contributed by atoms with Crippen molar-refractivity contribution in [1.29, 1.82) is 0 Å². The number of rotatable bonds is 12. The monoisotopic (exact) mass is 523 g/mol. The minimum absolute atomic E-state index is 0.151. The zero-order valence-electron chi connectivity index (χ0n) is 21.1. The average molecular weight is 524 g/mol. The fourth-order valence-corrected chi connectivity index (χ4v) is 4.58. The molecule has 1 atom stereocenters. The van der Waals surface area contributed by atoms with Crippen LogP contribution < -0.4 is 16.0 Å². The van der Waals surface area contributed by atoms with Crippen LogP contribution >= 0.6 is 11.6 Å². The van der Waals surface area contributed by atoms with Crippen molar-refractivity contribution in [2.45, 2.75) is 44.7 Å². The van der Waals surface area contributed by atoms with Crippen molar-refractivity contribution in [3.05, 3.63) is 71.8 Å². The van der Waals surface area contributed by atoms with E-state index in [9.17, 15) is 4.79 Å². The van der Waals surface area contributed by atoms with E-state index in [-0.39, 0.29) is 11.8 Å². The third kappa shape index (κ3) is 7.53. The molecule has 2 heterocycles. The van der Waals surface area contributed by atoms with Gasteiger partial charge in [0.15, 0.2) is 0 Å². The molecule has 0 radical (unpaired) electrons. The van der Waals surface area contributed by atoms with Gasteiger partial charge in [-0.15, -0.1) is 0 Å². The van der Waals surface area contributed by atoms with Crippen molar-refractivity contribution in [1.82, 2.24) is 24.8 Å². The van der Waals surface area contributed by atoms with E-state index in [4.69, 9.17) is 16.3 Å². The summed E-state index contributed by atoms with van der Waals surface area (Å²) in [5, 5.41) is 10.3. The van der Waals surface area contributed by atoms with Gasteiger partial charge in [-0.3, -0.25) is 9.36 Å². The lowest BCUT2D eigenvalue weighted by molar-refractivity contribution is -0.121. The topological polar surface area (TPSA) is 106 Å². The van der Waals surface area contributed by atoms with Crippen LogP contribution in [-0.4, -0.2) is 51.7 Å². The third-order valence-electron chi connectivity index (χ3n) is 6.51. The number of anilines is 2. The Kier molecular flexibility index (Phi) is 9.51. The molecule has 1 amide bonds. The molecule has 1 fully saturated rings. The maximum absolute atomic E-state index is 13.5. The second-order valence-corrected chi connectivity index (χ2v) is 9.59. The summed E-state index contributed by atoms with van der Waals surface area (Å²) < 4.78 is 6.93. The Bertz CT molecular complexity index is 1160. The van der Waals surface area contributed by atoms with Crippen molar-refractivity contribution in [2.75, 3.05) is 30.9 Å². The smallest absolute Gasteiger partial charge is 0.247 e. The van der Waals surface area contributed by atoms with Gasteiger partial charge in [-0.1, -0.05) is 49.6 Å². The number of methoxy groups -OCH3 is 1. The highest BCUT2D eigenvalue weighted by Crippen LogP contribution is 2.31. The number of carbonyl (C=O) groups excluding carboxylic acids is 1. The molecule has 3 aromatic rings. The minimum Gasteiger partial charge on any atom is -0.383 e. The minimum atomic E-state index is -0.646. The summed E-state index contributed by atoms with van der Waals surface area (Å²) in [5.74, 6) is 1.69. The van der Waals surface area contributed by atoms with Crippen LogP contribution in [0.15, 0.2) is 61.2 Å². The lowest BCUT2D eigenvalue weighted by Gasteiger charge is -2.29. The summed E-state index contributed by atoms with van der Waals surface area (Å²) in [7, 11) is 1.64. The number of amides is 1. The summed E-state index contributed by atoms with van der Waals surface area (Å²) in [6.07, 6.45) is 10.8. The van der Waals surface area contributed by atoms with E-state index < -0.39 is 6.04 Å². The lowest BCUT2D eigenvalue weighted by Crippen LogP contribution is -2.42.